The highest BCUT2D eigenvalue weighted by Crippen LogP contribution is 2.30. The Kier molecular flexibility index (Phi) is 2.56. The van der Waals surface area contributed by atoms with Crippen LogP contribution in [0.3, 0.4) is 0 Å². The van der Waals surface area contributed by atoms with E-state index < -0.39 is 0 Å². The molecule has 0 spiro atoms. The van der Waals surface area contributed by atoms with Crippen LogP contribution < -0.4 is 5.73 Å². The van der Waals surface area contributed by atoms with Gasteiger partial charge in [0.1, 0.15) is 0 Å². The smallest absolute Gasteiger partial charge is 0.249 e. The Balaban J connectivity index is 2.68. The average Bonchev–Trinajstić information content (AvgIpc) is 2.70. The first-order valence-corrected chi connectivity index (χ1v) is 5.51. The van der Waals surface area contributed by atoms with Gasteiger partial charge in [0.25, 0.3) is 0 Å². The molecule has 15 heavy (non-hydrogen) atoms. The number of carbonyl (C=O) groups excluding carboxylic acids is 1. The predicted octanol–water partition coefficient (Wildman–Crippen LogP) is 2.82. The summed E-state index contributed by atoms with van der Waals surface area (Å²) in [6.45, 7) is 1.99. The SMILES string of the molecule is Cc1cccc(C(N)=O)c1-c1cccs1. The summed E-state index contributed by atoms with van der Waals surface area (Å²) in [7, 11) is 0. The second-order valence-corrected chi connectivity index (χ2v) is 4.29. The Morgan fingerprint density at radius 2 is 2.07 bits per heavy atom. The molecule has 1 amide bonds. The molecule has 0 fully saturated rings. The number of hydrogen-bond acceptors (Lipinski definition) is 2. The number of thiophene rings is 1. The van der Waals surface area contributed by atoms with E-state index in [1.54, 1.807) is 17.4 Å². The van der Waals surface area contributed by atoms with Gasteiger partial charge in [0, 0.05) is 16.0 Å². The molecule has 0 radical (unpaired) electrons. The lowest BCUT2D eigenvalue weighted by Crippen LogP contribution is -2.12. The van der Waals surface area contributed by atoms with E-state index in [-0.39, 0.29) is 5.91 Å². The summed E-state index contributed by atoms with van der Waals surface area (Å²) < 4.78 is 0. The molecule has 2 N–H and O–H groups in total. The van der Waals surface area contributed by atoms with Crippen LogP contribution in [0.1, 0.15) is 15.9 Å². The molecule has 1 aromatic carbocycles. The molecule has 3 heteroatoms. The monoisotopic (exact) mass is 217 g/mol. The van der Waals surface area contributed by atoms with Crippen molar-refractivity contribution in [3.63, 3.8) is 0 Å². The number of hydrogen-bond donors (Lipinski definition) is 1. The van der Waals surface area contributed by atoms with Crippen molar-refractivity contribution in [1.29, 1.82) is 0 Å². The molecule has 0 saturated carbocycles. The van der Waals surface area contributed by atoms with E-state index in [2.05, 4.69) is 0 Å². The summed E-state index contributed by atoms with van der Waals surface area (Å²) >= 11 is 1.61. The van der Waals surface area contributed by atoms with Crippen molar-refractivity contribution in [2.45, 2.75) is 6.92 Å². The number of rotatable bonds is 2. The van der Waals surface area contributed by atoms with Crippen LogP contribution in [0.4, 0.5) is 0 Å². The van der Waals surface area contributed by atoms with Gasteiger partial charge in [-0.3, -0.25) is 4.79 Å². The largest absolute Gasteiger partial charge is 0.366 e. The number of benzene rings is 1. The van der Waals surface area contributed by atoms with Gasteiger partial charge < -0.3 is 5.73 Å². The third-order valence-electron chi connectivity index (χ3n) is 2.31. The molecule has 76 valence electrons. The highest BCUT2D eigenvalue weighted by molar-refractivity contribution is 7.13. The standard InChI is InChI=1S/C12H11NOS/c1-8-4-2-5-9(12(13)14)11(8)10-6-3-7-15-10/h2-7H,1H3,(H2,13,14). The van der Waals surface area contributed by atoms with Crippen molar-refractivity contribution in [2.24, 2.45) is 5.73 Å². The fourth-order valence-corrected chi connectivity index (χ4v) is 2.47. The first-order valence-electron chi connectivity index (χ1n) is 4.63. The maximum Gasteiger partial charge on any atom is 0.249 e. The van der Waals surface area contributed by atoms with E-state index in [0.717, 1.165) is 16.0 Å². The zero-order chi connectivity index (χ0) is 10.8. The summed E-state index contributed by atoms with van der Waals surface area (Å²) in [5.74, 6) is -0.373. The molecule has 2 nitrogen and oxygen atoms in total. The number of carbonyl (C=O) groups is 1. The van der Waals surface area contributed by atoms with E-state index in [0.29, 0.717) is 5.56 Å². The molecular weight excluding hydrogens is 206 g/mol. The number of primary amides is 1. The predicted molar refractivity (Wildman–Crippen MR) is 63.0 cm³/mol. The van der Waals surface area contributed by atoms with Crippen molar-refractivity contribution in [3.8, 4) is 10.4 Å². The minimum atomic E-state index is -0.373. The van der Waals surface area contributed by atoms with Gasteiger partial charge in [-0.25, -0.2) is 0 Å². The number of amides is 1. The van der Waals surface area contributed by atoms with Crippen LogP contribution in [0.25, 0.3) is 10.4 Å². The van der Waals surface area contributed by atoms with Crippen LogP contribution in [0.15, 0.2) is 35.7 Å². The third kappa shape index (κ3) is 1.78. The molecule has 1 heterocycles. The normalized spacial score (nSPS) is 10.2. The summed E-state index contributed by atoms with van der Waals surface area (Å²) in [4.78, 5) is 12.4. The Bertz CT molecular complexity index is 488. The molecule has 0 saturated heterocycles. The van der Waals surface area contributed by atoms with Crippen molar-refractivity contribution >= 4 is 17.2 Å². The molecule has 0 bridgehead atoms. The van der Waals surface area contributed by atoms with Crippen LogP contribution in [0, 0.1) is 6.92 Å². The third-order valence-corrected chi connectivity index (χ3v) is 3.19. The average molecular weight is 217 g/mol. The molecule has 0 aliphatic heterocycles. The van der Waals surface area contributed by atoms with Gasteiger partial charge in [0.05, 0.1) is 0 Å². The first kappa shape index (κ1) is 9.93. The highest BCUT2D eigenvalue weighted by atomic mass is 32.1. The van der Waals surface area contributed by atoms with E-state index in [9.17, 15) is 4.79 Å². The molecule has 0 unspecified atom stereocenters. The molecule has 0 aliphatic carbocycles. The lowest BCUT2D eigenvalue weighted by Gasteiger charge is -2.07. The van der Waals surface area contributed by atoms with Gasteiger partial charge in [0.2, 0.25) is 5.91 Å². The lowest BCUT2D eigenvalue weighted by molar-refractivity contribution is 0.100. The minimum Gasteiger partial charge on any atom is -0.366 e. The fourth-order valence-electron chi connectivity index (χ4n) is 1.62. The second-order valence-electron chi connectivity index (χ2n) is 3.34. The molecule has 0 aliphatic rings. The maximum absolute atomic E-state index is 11.3. The van der Waals surface area contributed by atoms with E-state index in [1.807, 2.05) is 36.6 Å². The van der Waals surface area contributed by atoms with E-state index >= 15 is 0 Å². The molecule has 2 rings (SSSR count). The zero-order valence-electron chi connectivity index (χ0n) is 8.36. The fraction of sp³-hybridized carbons (Fsp3) is 0.0833. The maximum atomic E-state index is 11.3. The van der Waals surface area contributed by atoms with Crippen molar-refractivity contribution in [1.82, 2.24) is 0 Å². The Morgan fingerprint density at radius 3 is 2.67 bits per heavy atom. The van der Waals surface area contributed by atoms with Crippen LogP contribution >= 0.6 is 11.3 Å². The van der Waals surface area contributed by atoms with Crippen LogP contribution in [0.5, 0.6) is 0 Å². The van der Waals surface area contributed by atoms with Crippen LogP contribution in [-0.2, 0) is 0 Å². The van der Waals surface area contributed by atoms with Gasteiger partial charge in [-0.15, -0.1) is 11.3 Å². The quantitative estimate of drug-likeness (QED) is 0.825. The van der Waals surface area contributed by atoms with Gasteiger partial charge >= 0.3 is 0 Å². The number of aryl methyl sites for hydroxylation is 1. The Morgan fingerprint density at radius 1 is 1.27 bits per heavy atom. The summed E-state index contributed by atoms with van der Waals surface area (Å²) in [5, 5.41) is 1.99. The molecule has 2 aromatic rings. The summed E-state index contributed by atoms with van der Waals surface area (Å²) in [6, 6.07) is 9.58. The summed E-state index contributed by atoms with van der Waals surface area (Å²) in [5.41, 5.74) is 7.99. The molecule has 0 atom stereocenters. The van der Waals surface area contributed by atoms with Crippen molar-refractivity contribution < 1.29 is 4.79 Å². The Hall–Kier alpha value is -1.61. The van der Waals surface area contributed by atoms with E-state index in [4.69, 9.17) is 5.73 Å². The van der Waals surface area contributed by atoms with Gasteiger partial charge in [0.15, 0.2) is 0 Å². The number of nitrogens with two attached hydrogens (primary N) is 1. The zero-order valence-corrected chi connectivity index (χ0v) is 9.17. The topological polar surface area (TPSA) is 43.1 Å². The van der Waals surface area contributed by atoms with Crippen molar-refractivity contribution in [3.05, 3.63) is 46.8 Å². The second kappa shape index (κ2) is 3.87. The summed E-state index contributed by atoms with van der Waals surface area (Å²) in [6.07, 6.45) is 0. The van der Waals surface area contributed by atoms with Crippen LogP contribution in [-0.4, -0.2) is 5.91 Å². The first-order chi connectivity index (χ1) is 7.20. The molecule has 1 aromatic heterocycles. The van der Waals surface area contributed by atoms with Crippen molar-refractivity contribution in [2.75, 3.05) is 0 Å². The van der Waals surface area contributed by atoms with E-state index in [1.165, 1.54) is 0 Å². The van der Waals surface area contributed by atoms with Gasteiger partial charge in [-0.05, 0) is 30.0 Å². The lowest BCUT2D eigenvalue weighted by atomic mass is 10.0. The molecular formula is C12H11NOS. The minimum absolute atomic E-state index is 0.373. The Labute approximate surface area is 92.4 Å². The highest BCUT2D eigenvalue weighted by Gasteiger charge is 2.12. The van der Waals surface area contributed by atoms with Gasteiger partial charge in [-0.2, -0.15) is 0 Å². The van der Waals surface area contributed by atoms with Crippen LogP contribution in [0.2, 0.25) is 0 Å². The van der Waals surface area contributed by atoms with Gasteiger partial charge in [-0.1, -0.05) is 18.2 Å².